The van der Waals surface area contributed by atoms with Crippen LogP contribution in [-0.4, -0.2) is 121 Å². The smallest absolute Gasteiger partial charge is 0.309 e. The van der Waals surface area contributed by atoms with Crippen molar-refractivity contribution in [3.63, 3.8) is 0 Å². The molecule has 1 aliphatic rings. The lowest BCUT2D eigenvalue weighted by Crippen LogP contribution is -2.59. The molecule has 0 radical (unpaired) electrons. The molecule has 2 aromatic heterocycles. The first-order valence-electron chi connectivity index (χ1n) is 24.1. The number of nitrogens with zero attached hydrogens (tertiary/aromatic N) is 6. The molecule has 6 N–H and O–H groups in total. The molecule has 17 nitrogen and oxygen atoms in total. The zero-order valence-corrected chi connectivity index (χ0v) is 42.4. The second kappa shape index (κ2) is 26.0. The summed E-state index contributed by atoms with van der Waals surface area (Å²) in [6.45, 7) is 18.9. The number of carbonyl (C=O) groups is 5. The molecule has 67 heavy (non-hydrogen) atoms. The maximum absolute atomic E-state index is 15.1. The third kappa shape index (κ3) is 16.7. The minimum absolute atomic E-state index is 0.108. The Morgan fingerprint density at radius 1 is 1.04 bits per heavy atom. The molecule has 1 fully saturated rings. The average Bonchev–Trinajstić information content (AvgIpc) is 3.95. The minimum Gasteiger partial charge on any atom is -0.481 e. The molecule has 0 bridgehead atoms. The second-order valence-electron chi connectivity index (χ2n) is 19.6. The molecule has 0 saturated carbocycles. The molecular formula is C49H78N10O7S. The van der Waals surface area contributed by atoms with E-state index in [1.807, 2.05) is 70.1 Å². The van der Waals surface area contributed by atoms with E-state index in [9.17, 15) is 24.3 Å². The van der Waals surface area contributed by atoms with Crippen molar-refractivity contribution in [3.8, 4) is 0 Å². The number of likely N-dealkylation sites (N-methyl/N-ethyl adjacent to an activating group) is 1. The van der Waals surface area contributed by atoms with Gasteiger partial charge in [0.1, 0.15) is 16.7 Å². The highest BCUT2D eigenvalue weighted by molar-refractivity contribution is 7.09. The highest BCUT2D eigenvalue weighted by Gasteiger charge is 2.39. The number of aryl methyl sites for hydroxylation is 1. The monoisotopic (exact) mass is 951 g/mol. The van der Waals surface area contributed by atoms with Gasteiger partial charge in [0.25, 0.3) is 5.91 Å². The van der Waals surface area contributed by atoms with Crippen molar-refractivity contribution < 1.29 is 33.8 Å². The van der Waals surface area contributed by atoms with E-state index in [1.54, 1.807) is 23.9 Å². The molecule has 3 aromatic rings. The summed E-state index contributed by atoms with van der Waals surface area (Å²) in [5.74, 6) is -2.64. The third-order valence-electron chi connectivity index (χ3n) is 12.7. The van der Waals surface area contributed by atoms with Crippen molar-refractivity contribution in [2.75, 3.05) is 32.0 Å². The zero-order valence-electron chi connectivity index (χ0n) is 41.5. The van der Waals surface area contributed by atoms with Gasteiger partial charge in [-0.3, -0.25) is 33.6 Å². The molecule has 3 amide bonds. The van der Waals surface area contributed by atoms with E-state index in [0.717, 1.165) is 42.8 Å². The van der Waals surface area contributed by atoms with Crippen molar-refractivity contribution in [1.82, 2.24) is 40.4 Å². The van der Waals surface area contributed by atoms with E-state index in [1.165, 1.54) is 18.3 Å². The number of thiazole rings is 1. The number of hydrogen-bond acceptors (Lipinski definition) is 13. The van der Waals surface area contributed by atoms with Gasteiger partial charge in [0.2, 0.25) is 11.8 Å². The number of hydrogen-bond donors (Lipinski definition) is 5. The Morgan fingerprint density at radius 3 is 2.37 bits per heavy atom. The fraction of sp³-hybridized carbons (Fsp3) is 0.673. The Morgan fingerprint density at radius 2 is 1.76 bits per heavy atom. The van der Waals surface area contributed by atoms with E-state index in [4.69, 9.17) is 15.5 Å². The van der Waals surface area contributed by atoms with Crippen LogP contribution in [0.1, 0.15) is 147 Å². The second-order valence-corrected chi connectivity index (χ2v) is 20.5. The molecule has 0 aliphatic carbocycles. The quantitative estimate of drug-likeness (QED) is 0.0422. The standard InChI is InChI=1S/C49H78N10O7S/c1-11-33(6)43(54-45(62)40-17-13-14-23-57(40)10)47(63)59(24-15-12-16-37-29-58(25-22-50)56-55-37)41(31(2)3)27-42(66-34(7)60)46-53-39(30-67-46)44(61)52-38(28-49(8,9)48(64)65)26-35-18-20-36(21-19-35)51-32(4)5/h18-21,29-33,38,40-43,51H,11-17,22-28,50H2,1-10H3,(H,52,61)(H,54,62)(H,64,65)/t33-,38-,40+,41+,42+,43-/m0/s1. The molecule has 372 valence electrons. The summed E-state index contributed by atoms with van der Waals surface area (Å²) >= 11 is 1.18. The van der Waals surface area contributed by atoms with Gasteiger partial charge in [-0.25, -0.2) is 4.98 Å². The molecule has 0 unspecified atom stereocenters. The van der Waals surface area contributed by atoms with Crippen molar-refractivity contribution in [2.45, 2.75) is 169 Å². The number of carboxylic acids is 1. The molecule has 0 spiro atoms. The van der Waals surface area contributed by atoms with Crippen LogP contribution in [0.2, 0.25) is 0 Å². The lowest BCUT2D eigenvalue weighted by molar-refractivity contribution is -0.150. The van der Waals surface area contributed by atoms with Crippen LogP contribution in [0, 0.1) is 17.3 Å². The fourth-order valence-electron chi connectivity index (χ4n) is 8.65. The Labute approximate surface area is 401 Å². The van der Waals surface area contributed by atoms with E-state index < -0.39 is 47.5 Å². The number of carbonyl (C=O) groups excluding carboxylic acids is 4. The van der Waals surface area contributed by atoms with E-state index in [2.05, 4.69) is 45.0 Å². The number of aromatic nitrogens is 4. The Balaban J connectivity index is 1.63. The van der Waals surface area contributed by atoms with Crippen LogP contribution in [0.3, 0.4) is 0 Å². The largest absolute Gasteiger partial charge is 0.481 e. The maximum Gasteiger partial charge on any atom is 0.309 e. The number of aliphatic carboxylic acids is 1. The first kappa shape index (κ1) is 54.7. The number of likely N-dealkylation sites (tertiary alicyclic amines) is 1. The van der Waals surface area contributed by atoms with Gasteiger partial charge in [-0.1, -0.05) is 57.9 Å². The highest BCUT2D eigenvalue weighted by atomic mass is 32.1. The summed E-state index contributed by atoms with van der Waals surface area (Å²) in [7, 11) is 1.95. The Hall–Kier alpha value is -4.94. The highest BCUT2D eigenvalue weighted by Crippen LogP contribution is 2.33. The minimum atomic E-state index is -1.13. The number of carboxylic acid groups (broad SMARTS) is 1. The molecule has 1 saturated heterocycles. The third-order valence-corrected chi connectivity index (χ3v) is 13.6. The average molecular weight is 951 g/mol. The number of piperidine rings is 1. The van der Waals surface area contributed by atoms with Gasteiger partial charge in [0, 0.05) is 61.8 Å². The molecule has 1 aromatic carbocycles. The summed E-state index contributed by atoms with van der Waals surface area (Å²) in [4.78, 5) is 76.7. The van der Waals surface area contributed by atoms with Gasteiger partial charge in [-0.2, -0.15) is 0 Å². The number of unbranched alkanes of at least 4 members (excludes halogenated alkanes) is 1. The Kier molecular flexibility index (Phi) is 21.2. The lowest BCUT2D eigenvalue weighted by Gasteiger charge is -2.40. The van der Waals surface area contributed by atoms with E-state index >= 15 is 4.79 Å². The van der Waals surface area contributed by atoms with Crippen LogP contribution < -0.4 is 21.7 Å². The summed E-state index contributed by atoms with van der Waals surface area (Å²) in [5.41, 5.74) is 7.41. The fourth-order valence-corrected chi connectivity index (χ4v) is 9.49. The van der Waals surface area contributed by atoms with Gasteiger partial charge >= 0.3 is 11.9 Å². The Bertz CT molecular complexity index is 2050. The number of anilines is 1. The number of benzene rings is 1. The van der Waals surface area contributed by atoms with Crippen LogP contribution in [0.25, 0.3) is 0 Å². The maximum atomic E-state index is 15.1. The van der Waals surface area contributed by atoms with Crippen molar-refractivity contribution in [1.29, 1.82) is 0 Å². The summed E-state index contributed by atoms with van der Waals surface area (Å²) in [5, 5.41) is 30.1. The van der Waals surface area contributed by atoms with E-state index in [-0.39, 0.29) is 54.3 Å². The lowest BCUT2D eigenvalue weighted by atomic mass is 9.84. The molecule has 1 aliphatic heterocycles. The van der Waals surface area contributed by atoms with Gasteiger partial charge in [-0.15, -0.1) is 16.4 Å². The van der Waals surface area contributed by atoms with Gasteiger partial charge < -0.3 is 36.4 Å². The molecule has 4 rings (SSSR count). The first-order valence-corrected chi connectivity index (χ1v) is 25.0. The summed E-state index contributed by atoms with van der Waals surface area (Å²) in [6.07, 6.45) is 7.06. The predicted molar refractivity (Wildman–Crippen MR) is 261 cm³/mol. The number of ether oxygens (including phenoxy) is 1. The van der Waals surface area contributed by atoms with Gasteiger partial charge in [-0.05, 0) is 116 Å². The number of nitrogens with two attached hydrogens (primary N) is 1. The number of esters is 1. The van der Waals surface area contributed by atoms with Gasteiger partial charge in [0.15, 0.2) is 6.10 Å². The molecule has 6 atom stereocenters. The van der Waals surface area contributed by atoms with E-state index in [0.29, 0.717) is 56.7 Å². The van der Waals surface area contributed by atoms with Gasteiger partial charge in [0.05, 0.1) is 23.7 Å². The van der Waals surface area contributed by atoms with Crippen molar-refractivity contribution in [2.24, 2.45) is 23.0 Å². The number of amides is 3. The normalized spacial score (nSPS) is 16.8. The molecular weight excluding hydrogens is 873 g/mol. The van der Waals surface area contributed by atoms with Crippen LogP contribution in [0.15, 0.2) is 35.8 Å². The first-order chi connectivity index (χ1) is 31.7. The predicted octanol–water partition coefficient (Wildman–Crippen LogP) is 6.24. The van der Waals surface area contributed by atoms with Crippen LogP contribution in [-0.2, 0) is 43.3 Å². The van der Waals surface area contributed by atoms with Crippen LogP contribution in [0.5, 0.6) is 0 Å². The molecule has 3 heterocycles. The topological polar surface area (TPSA) is 227 Å². The van der Waals surface area contributed by atoms with Crippen LogP contribution >= 0.6 is 11.3 Å². The summed E-state index contributed by atoms with van der Waals surface area (Å²) in [6, 6.07) is 5.99. The number of rotatable bonds is 27. The van der Waals surface area contributed by atoms with Crippen molar-refractivity contribution >= 4 is 46.7 Å². The van der Waals surface area contributed by atoms with Crippen LogP contribution in [0.4, 0.5) is 5.69 Å². The van der Waals surface area contributed by atoms with Crippen molar-refractivity contribution in [3.05, 3.63) is 57.8 Å². The number of nitrogens with one attached hydrogen (secondary N) is 3. The zero-order chi connectivity index (χ0) is 49.4. The molecule has 18 heteroatoms. The SMILES string of the molecule is CC[C@H](C)[C@H](NC(=O)[C@H]1CCCCN1C)C(=O)N(CCCCc1cn(CCN)nn1)[C@H](C[C@@H](OC(C)=O)c1nc(C(=O)N[C@@H](Cc2ccc(NC(C)C)cc2)CC(C)(C)C(=O)O)cs1)C(C)C. The summed E-state index contributed by atoms with van der Waals surface area (Å²) < 4.78 is 7.70.